The number of pyridine rings is 1. The number of anilines is 1. The van der Waals surface area contributed by atoms with Crippen molar-refractivity contribution in [1.82, 2.24) is 9.88 Å². The van der Waals surface area contributed by atoms with Crippen molar-refractivity contribution < 1.29 is 9.53 Å². The smallest absolute Gasteiger partial charge is 0.254 e. The molecule has 4 rings (SSSR count). The van der Waals surface area contributed by atoms with Crippen LogP contribution in [0.5, 0.6) is 0 Å². The highest BCUT2D eigenvalue weighted by Crippen LogP contribution is 2.29. The number of carbonyl (C=O) groups excluding carboxylic acids is 1. The molecule has 1 aromatic carbocycles. The van der Waals surface area contributed by atoms with Crippen LogP contribution in [0, 0.1) is 11.3 Å². The molecule has 1 atom stereocenters. The van der Waals surface area contributed by atoms with Crippen LogP contribution >= 0.6 is 0 Å². The van der Waals surface area contributed by atoms with Crippen molar-refractivity contribution >= 4 is 11.6 Å². The third-order valence-corrected chi connectivity index (χ3v) is 6.08. The summed E-state index contributed by atoms with van der Waals surface area (Å²) in [5.41, 5.74) is 10.1. The summed E-state index contributed by atoms with van der Waals surface area (Å²) in [7, 11) is 0. The summed E-state index contributed by atoms with van der Waals surface area (Å²) < 4.78 is 6.24. The van der Waals surface area contributed by atoms with Gasteiger partial charge in [0.2, 0.25) is 0 Å². The lowest BCUT2D eigenvalue weighted by Gasteiger charge is -2.31. The Morgan fingerprint density at radius 1 is 1.24 bits per heavy atom. The molecule has 0 aliphatic carbocycles. The Labute approximate surface area is 194 Å². The molecule has 2 aromatic rings. The van der Waals surface area contributed by atoms with Gasteiger partial charge in [-0.25, -0.2) is 0 Å². The van der Waals surface area contributed by atoms with Gasteiger partial charge < -0.3 is 20.3 Å². The first-order valence-corrected chi connectivity index (χ1v) is 11.3. The van der Waals surface area contributed by atoms with E-state index in [1.807, 2.05) is 48.2 Å². The monoisotopic (exact) mass is 443 g/mol. The zero-order valence-corrected chi connectivity index (χ0v) is 18.9. The molecule has 1 fully saturated rings. The molecule has 0 spiro atoms. The fraction of sp³-hybridized carbons (Fsp3) is 0.346. The van der Waals surface area contributed by atoms with Crippen LogP contribution in [0.1, 0.15) is 37.4 Å². The number of nitriles is 1. The van der Waals surface area contributed by atoms with Gasteiger partial charge in [-0.3, -0.25) is 9.78 Å². The van der Waals surface area contributed by atoms with Crippen LogP contribution in [0.25, 0.3) is 0 Å². The molecule has 1 aromatic heterocycles. The first kappa shape index (κ1) is 22.6. The van der Waals surface area contributed by atoms with Crippen molar-refractivity contribution in [1.29, 1.82) is 5.26 Å². The minimum atomic E-state index is 0.00302. The standard InChI is InChI=1S/C26H29N5O2/c1-19-11-14-31(23-9-7-20(16-27)8-10-23)25(33-18-22-6-2-3-12-29-22)15-24(19)26(32)30-13-4-5-21(28)17-30/h2-3,6-10,12,15,21H,4-5,11,13-14,17-18,28H2,1H3. The topological polar surface area (TPSA) is 95.5 Å². The molecular weight excluding hydrogens is 414 g/mol. The first-order chi connectivity index (χ1) is 16.0. The number of benzene rings is 1. The van der Waals surface area contributed by atoms with Crippen molar-refractivity contribution in [3.05, 3.63) is 83.0 Å². The molecular formula is C26H29N5O2. The van der Waals surface area contributed by atoms with Gasteiger partial charge in [-0.15, -0.1) is 0 Å². The van der Waals surface area contributed by atoms with E-state index >= 15 is 0 Å². The van der Waals surface area contributed by atoms with E-state index in [9.17, 15) is 4.79 Å². The number of amides is 1. The predicted molar refractivity (Wildman–Crippen MR) is 127 cm³/mol. The normalized spacial score (nSPS) is 18.9. The Hall–Kier alpha value is -3.63. The van der Waals surface area contributed by atoms with Gasteiger partial charge in [0.15, 0.2) is 5.88 Å². The number of carbonyl (C=O) groups is 1. The van der Waals surface area contributed by atoms with Gasteiger partial charge in [0.25, 0.3) is 5.91 Å². The highest BCUT2D eigenvalue weighted by molar-refractivity contribution is 5.97. The SMILES string of the molecule is CC1=C(C(=O)N2CCCC(N)C2)C=C(OCc2ccccn2)N(c2ccc(C#N)cc2)CC1. The van der Waals surface area contributed by atoms with E-state index < -0.39 is 0 Å². The third kappa shape index (κ3) is 5.41. The lowest BCUT2D eigenvalue weighted by molar-refractivity contribution is -0.128. The van der Waals surface area contributed by atoms with Crippen LogP contribution in [-0.4, -0.2) is 41.5 Å². The third-order valence-electron chi connectivity index (χ3n) is 6.08. The molecule has 0 bridgehead atoms. The number of aromatic nitrogens is 1. The molecule has 1 amide bonds. The number of hydrogen-bond donors (Lipinski definition) is 1. The second kappa shape index (κ2) is 10.3. The van der Waals surface area contributed by atoms with Crippen molar-refractivity contribution in [2.45, 2.75) is 38.8 Å². The Bertz CT molecular complexity index is 1090. The van der Waals surface area contributed by atoms with E-state index in [1.54, 1.807) is 18.3 Å². The maximum Gasteiger partial charge on any atom is 0.254 e. The molecule has 3 heterocycles. The van der Waals surface area contributed by atoms with Crippen LogP contribution in [-0.2, 0) is 16.1 Å². The van der Waals surface area contributed by atoms with Crippen LogP contribution in [0.4, 0.5) is 5.69 Å². The molecule has 7 heteroatoms. The van der Waals surface area contributed by atoms with Gasteiger partial charge in [0.05, 0.1) is 17.3 Å². The Kier molecular flexibility index (Phi) is 7.06. The average molecular weight is 444 g/mol. The fourth-order valence-electron chi connectivity index (χ4n) is 4.18. The lowest BCUT2D eigenvalue weighted by atomic mass is 10.0. The van der Waals surface area contributed by atoms with Crippen LogP contribution in [0.15, 0.2) is 71.8 Å². The Balaban J connectivity index is 1.65. The molecule has 0 saturated carbocycles. The minimum Gasteiger partial charge on any atom is -0.472 e. The highest BCUT2D eigenvalue weighted by Gasteiger charge is 2.27. The summed E-state index contributed by atoms with van der Waals surface area (Å²) in [6.45, 7) is 4.25. The van der Waals surface area contributed by atoms with Crippen molar-refractivity contribution in [2.75, 3.05) is 24.5 Å². The van der Waals surface area contributed by atoms with Gasteiger partial charge in [-0.1, -0.05) is 11.6 Å². The molecule has 0 radical (unpaired) electrons. The molecule has 170 valence electrons. The summed E-state index contributed by atoms with van der Waals surface area (Å²) >= 11 is 0. The van der Waals surface area contributed by atoms with Gasteiger partial charge >= 0.3 is 0 Å². The Morgan fingerprint density at radius 3 is 2.76 bits per heavy atom. The summed E-state index contributed by atoms with van der Waals surface area (Å²) in [6, 6.07) is 15.3. The minimum absolute atomic E-state index is 0.00302. The van der Waals surface area contributed by atoms with Crippen LogP contribution in [0.3, 0.4) is 0 Å². The Morgan fingerprint density at radius 2 is 2.06 bits per heavy atom. The molecule has 1 saturated heterocycles. The van der Waals surface area contributed by atoms with E-state index in [-0.39, 0.29) is 18.6 Å². The van der Waals surface area contributed by atoms with Gasteiger partial charge in [-0.2, -0.15) is 5.26 Å². The zero-order chi connectivity index (χ0) is 23.2. The molecule has 2 aliphatic rings. The van der Waals surface area contributed by atoms with Crippen LogP contribution < -0.4 is 10.6 Å². The van der Waals surface area contributed by atoms with Gasteiger partial charge in [0.1, 0.15) is 6.61 Å². The van der Waals surface area contributed by atoms with E-state index in [2.05, 4.69) is 16.0 Å². The fourth-order valence-corrected chi connectivity index (χ4v) is 4.18. The molecule has 2 aliphatic heterocycles. The van der Waals surface area contributed by atoms with E-state index in [0.717, 1.165) is 36.3 Å². The second-order valence-corrected chi connectivity index (χ2v) is 8.50. The predicted octanol–water partition coefficient (Wildman–Crippen LogP) is 3.49. The van der Waals surface area contributed by atoms with Gasteiger partial charge in [0, 0.05) is 49.2 Å². The number of nitrogens with zero attached hydrogens (tertiary/aromatic N) is 4. The molecule has 7 nitrogen and oxygen atoms in total. The quantitative estimate of drug-likeness (QED) is 0.760. The molecule has 1 unspecified atom stereocenters. The maximum absolute atomic E-state index is 13.5. The number of likely N-dealkylation sites (tertiary alicyclic amines) is 1. The number of nitrogens with two attached hydrogens (primary N) is 1. The zero-order valence-electron chi connectivity index (χ0n) is 18.9. The average Bonchev–Trinajstić information content (AvgIpc) is 3.01. The maximum atomic E-state index is 13.5. The molecule has 33 heavy (non-hydrogen) atoms. The highest BCUT2D eigenvalue weighted by atomic mass is 16.5. The lowest BCUT2D eigenvalue weighted by Crippen LogP contribution is -2.46. The van der Waals surface area contributed by atoms with E-state index in [4.69, 9.17) is 15.7 Å². The number of ether oxygens (including phenoxy) is 1. The molecule has 2 N–H and O–H groups in total. The largest absolute Gasteiger partial charge is 0.472 e. The number of piperidine rings is 1. The first-order valence-electron chi connectivity index (χ1n) is 11.3. The summed E-state index contributed by atoms with van der Waals surface area (Å²) in [6.07, 6.45) is 6.17. The van der Waals surface area contributed by atoms with Crippen molar-refractivity contribution in [2.24, 2.45) is 5.73 Å². The van der Waals surface area contributed by atoms with Crippen molar-refractivity contribution in [3.8, 4) is 6.07 Å². The van der Waals surface area contributed by atoms with Gasteiger partial charge in [-0.05, 0) is 62.6 Å². The summed E-state index contributed by atoms with van der Waals surface area (Å²) in [4.78, 5) is 21.7. The van der Waals surface area contributed by atoms with E-state index in [0.29, 0.717) is 36.5 Å². The van der Waals surface area contributed by atoms with Crippen LogP contribution in [0.2, 0.25) is 0 Å². The summed E-state index contributed by atoms with van der Waals surface area (Å²) in [5, 5.41) is 9.15. The van der Waals surface area contributed by atoms with Crippen molar-refractivity contribution in [3.63, 3.8) is 0 Å². The summed E-state index contributed by atoms with van der Waals surface area (Å²) in [5.74, 6) is 0.593. The van der Waals surface area contributed by atoms with E-state index in [1.165, 1.54) is 0 Å². The second-order valence-electron chi connectivity index (χ2n) is 8.50. The number of rotatable bonds is 5. The number of hydrogen-bond acceptors (Lipinski definition) is 6.